The average molecular weight is 365 g/mol. The topological polar surface area (TPSA) is 78.5 Å². The Balaban J connectivity index is 1.46. The molecule has 0 aliphatic carbocycles. The third-order valence-electron chi connectivity index (χ3n) is 4.81. The van der Waals surface area contributed by atoms with Gasteiger partial charge >= 0.3 is 6.03 Å². The zero-order chi connectivity index (χ0) is 19.2. The molecule has 6 nitrogen and oxygen atoms in total. The molecule has 6 heteroatoms. The lowest BCUT2D eigenvalue weighted by Gasteiger charge is -2.31. The van der Waals surface area contributed by atoms with Gasteiger partial charge in [-0.3, -0.25) is 15.0 Å². The van der Waals surface area contributed by atoms with E-state index in [1.54, 1.807) is 17.0 Å². The Morgan fingerprint density at radius 1 is 0.852 bits per heavy atom. The minimum Gasteiger partial charge on any atom is -0.323 e. The summed E-state index contributed by atoms with van der Waals surface area (Å²) in [6.07, 6.45) is 1.24. The predicted octanol–water partition coefficient (Wildman–Crippen LogP) is 2.94. The summed E-state index contributed by atoms with van der Waals surface area (Å²) < 4.78 is 0. The maximum Gasteiger partial charge on any atom is 0.336 e. The van der Waals surface area contributed by atoms with Gasteiger partial charge in [0, 0.05) is 30.1 Å². The van der Waals surface area contributed by atoms with Gasteiger partial charge in [-0.2, -0.15) is 0 Å². The summed E-state index contributed by atoms with van der Waals surface area (Å²) in [6, 6.07) is 16.0. The third kappa shape index (κ3) is 4.73. The number of nitrogens with zero attached hydrogens (tertiary/aromatic N) is 1. The molecule has 2 N–H and O–H groups in total. The number of hydrogen-bond acceptors (Lipinski definition) is 3. The van der Waals surface area contributed by atoms with E-state index in [-0.39, 0.29) is 23.6 Å². The van der Waals surface area contributed by atoms with E-state index in [9.17, 15) is 14.4 Å². The summed E-state index contributed by atoms with van der Waals surface area (Å²) in [5.74, 6) is -0.306. The van der Waals surface area contributed by atoms with Gasteiger partial charge in [0.25, 0.3) is 5.91 Å². The number of ketones is 1. The van der Waals surface area contributed by atoms with Gasteiger partial charge in [0.15, 0.2) is 5.78 Å². The molecule has 1 saturated heterocycles. The summed E-state index contributed by atoms with van der Waals surface area (Å²) in [5.41, 5.74) is 7.12. The van der Waals surface area contributed by atoms with Gasteiger partial charge in [-0.25, -0.2) is 10.2 Å². The fraction of sp³-hybridized carbons (Fsp3) is 0.286. The van der Waals surface area contributed by atoms with Gasteiger partial charge in [-0.1, -0.05) is 48.0 Å². The van der Waals surface area contributed by atoms with Crippen molar-refractivity contribution in [3.8, 4) is 0 Å². The highest BCUT2D eigenvalue weighted by Crippen LogP contribution is 2.21. The Labute approximate surface area is 158 Å². The van der Waals surface area contributed by atoms with Crippen LogP contribution in [0.3, 0.4) is 0 Å². The lowest BCUT2D eigenvalue weighted by atomic mass is 9.89. The number of hydrogen-bond donors (Lipinski definition) is 2. The van der Waals surface area contributed by atoms with Gasteiger partial charge in [0.2, 0.25) is 0 Å². The molecule has 0 atom stereocenters. The molecule has 0 unspecified atom stereocenters. The Morgan fingerprint density at radius 3 is 2.11 bits per heavy atom. The highest BCUT2D eigenvalue weighted by atomic mass is 16.2. The molecule has 140 valence electrons. The number of urea groups is 1. The molecule has 3 rings (SSSR count). The van der Waals surface area contributed by atoms with Gasteiger partial charge in [0.1, 0.15) is 0 Å². The van der Waals surface area contributed by atoms with E-state index in [0.717, 1.165) is 5.56 Å². The number of Topliss-reactive ketones (excluding diaryl/α,β-unsaturated/α-hetero) is 1. The molecule has 1 heterocycles. The molecular weight excluding hydrogens is 342 g/mol. The number of rotatable bonds is 3. The van der Waals surface area contributed by atoms with Crippen molar-refractivity contribution in [1.82, 2.24) is 15.8 Å². The molecule has 0 radical (unpaired) electrons. The Kier molecular flexibility index (Phi) is 5.86. The highest BCUT2D eigenvalue weighted by Gasteiger charge is 2.28. The normalized spacial score (nSPS) is 14.5. The van der Waals surface area contributed by atoms with Crippen molar-refractivity contribution < 1.29 is 14.4 Å². The molecule has 1 aliphatic heterocycles. The van der Waals surface area contributed by atoms with Crippen LogP contribution in [0.15, 0.2) is 54.6 Å². The predicted molar refractivity (Wildman–Crippen MR) is 102 cm³/mol. The van der Waals surface area contributed by atoms with Crippen molar-refractivity contribution in [2.75, 3.05) is 13.1 Å². The first-order chi connectivity index (χ1) is 13.0. The molecular formula is C21H23N3O3. The summed E-state index contributed by atoms with van der Waals surface area (Å²) in [5, 5.41) is 0. The number of amides is 3. The Bertz CT molecular complexity index is 810. The molecule has 2 aromatic carbocycles. The molecule has 2 aromatic rings. The molecule has 1 fully saturated rings. The number of carbonyl (C=O) groups excluding carboxylic acids is 3. The van der Waals surface area contributed by atoms with Crippen LogP contribution in [-0.2, 0) is 0 Å². The van der Waals surface area contributed by atoms with Crippen LogP contribution in [0, 0.1) is 12.8 Å². The number of likely N-dealkylation sites (tertiary alicyclic amines) is 1. The molecule has 1 aliphatic rings. The summed E-state index contributed by atoms with van der Waals surface area (Å²) in [6.45, 7) is 2.90. The van der Waals surface area contributed by atoms with Gasteiger partial charge < -0.3 is 4.90 Å². The summed E-state index contributed by atoms with van der Waals surface area (Å²) in [7, 11) is 0. The number of carbonyl (C=O) groups is 3. The second kappa shape index (κ2) is 8.49. The van der Waals surface area contributed by atoms with Crippen molar-refractivity contribution in [2.45, 2.75) is 19.8 Å². The van der Waals surface area contributed by atoms with Crippen LogP contribution in [0.5, 0.6) is 0 Å². The van der Waals surface area contributed by atoms with Gasteiger partial charge in [-0.05, 0) is 31.9 Å². The van der Waals surface area contributed by atoms with Crippen LogP contribution in [0.25, 0.3) is 0 Å². The van der Waals surface area contributed by atoms with E-state index in [1.807, 2.05) is 49.4 Å². The van der Waals surface area contributed by atoms with Gasteiger partial charge in [0.05, 0.1) is 0 Å². The van der Waals surface area contributed by atoms with Crippen LogP contribution < -0.4 is 10.9 Å². The Morgan fingerprint density at radius 2 is 1.48 bits per heavy atom. The van der Waals surface area contributed by atoms with Crippen molar-refractivity contribution >= 4 is 17.7 Å². The smallest absolute Gasteiger partial charge is 0.323 e. The van der Waals surface area contributed by atoms with Crippen LogP contribution in [0.2, 0.25) is 0 Å². The zero-order valence-electron chi connectivity index (χ0n) is 15.3. The molecule has 3 amide bonds. The molecule has 0 aromatic heterocycles. The summed E-state index contributed by atoms with van der Waals surface area (Å²) >= 11 is 0. The zero-order valence-corrected chi connectivity index (χ0v) is 15.3. The van der Waals surface area contributed by atoms with Crippen LogP contribution in [-0.4, -0.2) is 35.7 Å². The first-order valence-corrected chi connectivity index (χ1v) is 9.06. The maximum absolute atomic E-state index is 12.5. The van der Waals surface area contributed by atoms with Crippen molar-refractivity contribution in [3.63, 3.8) is 0 Å². The van der Waals surface area contributed by atoms with E-state index in [1.165, 1.54) is 0 Å². The van der Waals surface area contributed by atoms with E-state index in [0.29, 0.717) is 37.1 Å². The number of hydrazine groups is 1. The van der Waals surface area contributed by atoms with Crippen LogP contribution in [0.4, 0.5) is 4.79 Å². The first-order valence-electron chi connectivity index (χ1n) is 9.06. The minimum absolute atomic E-state index is 0.0707. The van der Waals surface area contributed by atoms with Crippen molar-refractivity contribution in [1.29, 1.82) is 0 Å². The fourth-order valence-electron chi connectivity index (χ4n) is 3.15. The number of benzene rings is 2. The Hall–Kier alpha value is -3.15. The molecule has 0 saturated carbocycles. The molecule has 0 bridgehead atoms. The van der Waals surface area contributed by atoms with E-state index < -0.39 is 0 Å². The second-order valence-corrected chi connectivity index (χ2v) is 6.74. The van der Waals surface area contributed by atoms with E-state index in [4.69, 9.17) is 0 Å². The summed E-state index contributed by atoms with van der Waals surface area (Å²) in [4.78, 5) is 38.4. The quantitative estimate of drug-likeness (QED) is 0.648. The van der Waals surface area contributed by atoms with Crippen molar-refractivity contribution in [2.24, 2.45) is 5.92 Å². The highest BCUT2D eigenvalue weighted by molar-refractivity contribution is 5.98. The lowest BCUT2D eigenvalue weighted by molar-refractivity contribution is 0.0850. The number of piperidine rings is 1. The van der Waals surface area contributed by atoms with Gasteiger partial charge in [-0.15, -0.1) is 0 Å². The first kappa shape index (κ1) is 18.6. The third-order valence-corrected chi connectivity index (χ3v) is 4.81. The number of aryl methyl sites for hydroxylation is 1. The standard InChI is InChI=1S/C21H23N3O3/c1-15-7-9-18(10-8-15)20(26)22-23-21(27)24-13-11-17(12-14-24)19(25)16-5-3-2-4-6-16/h2-10,17H,11-14H2,1H3,(H,22,26)(H,23,27). The maximum atomic E-state index is 12.5. The van der Waals surface area contributed by atoms with E-state index >= 15 is 0 Å². The largest absolute Gasteiger partial charge is 0.336 e. The van der Waals surface area contributed by atoms with E-state index in [2.05, 4.69) is 10.9 Å². The SMILES string of the molecule is Cc1ccc(C(=O)NNC(=O)N2CCC(C(=O)c3ccccc3)CC2)cc1. The number of nitrogens with one attached hydrogen (secondary N) is 2. The lowest BCUT2D eigenvalue weighted by Crippen LogP contribution is -2.51. The van der Waals surface area contributed by atoms with Crippen LogP contribution in [0.1, 0.15) is 39.1 Å². The molecule has 27 heavy (non-hydrogen) atoms. The minimum atomic E-state index is -0.363. The fourth-order valence-corrected chi connectivity index (χ4v) is 3.15. The van der Waals surface area contributed by atoms with Crippen molar-refractivity contribution in [3.05, 3.63) is 71.3 Å². The van der Waals surface area contributed by atoms with Crippen LogP contribution >= 0.6 is 0 Å². The monoisotopic (exact) mass is 365 g/mol. The average Bonchev–Trinajstić information content (AvgIpc) is 2.72. The second-order valence-electron chi connectivity index (χ2n) is 6.74. The molecule has 0 spiro atoms.